The Balaban J connectivity index is 0.941. The Morgan fingerprint density at radius 1 is 0.667 bits per heavy atom. The number of benzene rings is 4. The molecule has 342 valence electrons. The smallest absolute Gasteiger partial charge is 0.269 e. The maximum absolute atomic E-state index is 14.8. The Labute approximate surface area is 403 Å². The van der Waals surface area contributed by atoms with Crippen LogP contribution in [0.25, 0.3) is 21.8 Å². The number of aryl methyl sites for hydroxylation is 2. The van der Waals surface area contributed by atoms with Crippen LogP contribution in [-0.4, -0.2) is 96.3 Å². The Morgan fingerprint density at radius 3 is 1.70 bits per heavy atom. The van der Waals surface area contributed by atoms with Crippen LogP contribution in [0.4, 0.5) is 23.0 Å². The second kappa shape index (κ2) is 18.9. The average molecular weight is 969 g/mol. The first-order chi connectivity index (χ1) is 31.9. The van der Waals surface area contributed by atoms with Gasteiger partial charge < -0.3 is 40.1 Å². The molecule has 66 heavy (non-hydrogen) atoms. The molecule has 0 aliphatic carbocycles. The van der Waals surface area contributed by atoms with Gasteiger partial charge in [0.15, 0.2) is 0 Å². The van der Waals surface area contributed by atoms with E-state index in [0.29, 0.717) is 39.5 Å². The van der Waals surface area contributed by atoms with Crippen LogP contribution in [0.2, 0.25) is 20.1 Å². The fraction of sp³-hybridized carbons (Fsp3) is 0.360. The van der Waals surface area contributed by atoms with Crippen molar-refractivity contribution in [2.24, 2.45) is 0 Å². The Bertz CT molecular complexity index is 2840. The summed E-state index contributed by atoms with van der Waals surface area (Å²) >= 11 is 25.8. The number of rotatable bonds is 12. The summed E-state index contributed by atoms with van der Waals surface area (Å²) in [4.78, 5) is 47.0. The van der Waals surface area contributed by atoms with Crippen molar-refractivity contribution in [2.75, 3.05) is 59.7 Å². The molecular formula is C50H50Cl4N8O4. The van der Waals surface area contributed by atoms with E-state index in [0.717, 1.165) is 90.0 Å². The van der Waals surface area contributed by atoms with Crippen molar-refractivity contribution >= 4 is 103 Å². The monoisotopic (exact) mass is 966 g/mol. The van der Waals surface area contributed by atoms with Crippen molar-refractivity contribution in [3.63, 3.8) is 0 Å². The van der Waals surface area contributed by atoms with Crippen LogP contribution < -0.4 is 35.2 Å². The fourth-order valence-electron chi connectivity index (χ4n) is 9.97. The number of pyridine rings is 2. The van der Waals surface area contributed by atoms with Crippen molar-refractivity contribution in [3.8, 4) is 11.5 Å². The third-order valence-electron chi connectivity index (χ3n) is 13.4. The minimum Gasteiger partial charge on any atom is -0.474 e. The van der Waals surface area contributed by atoms with E-state index in [-0.39, 0.29) is 21.5 Å². The number of likely N-dealkylation sites (tertiary alicyclic amines) is 1. The lowest BCUT2D eigenvalue weighted by molar-refractivity contribution is -0.136. The maximum atomic E-state index is 14.8. The molecule has 4 unspecified atom stereocenters. The molecule has 4 aliphatic rings. The van der Waals surface area contributed by atoms with Crippen molar-refractivity contribution in [1.29, 1.82) is 0 Å². The third kappa shape index (κ3) is 9.41. The number of hydrogen-bond donors (Lipinski definition) is 3. The summed E-state index contributed by atoms with van der Waals surface area (Å²) in [6.45, 7) is 10.3. The molecule has 6 heterocycles. The summed E-state index contributed by atoms with van der Waals surface area (Å²) in [7, 11) is 0. The van der Waals surface area contributed by atoms with E-state index < -0.39 is 24.0 Å². The molecule has 2 amide bonds. The summed E-state index contributed by atoms with van der Waals surface area (Å²) in [6, 6.07) is 26.0. The first-order valence-corrected chi connectivity index (χ1v) is 24.1. The van der Waals surface area contributed by atoms with Crippen LogP contribution in [0.15, 0.2) is 84.9 Å². The van der Waals surface area contributed by atoms with Crippen molar-refractivity contribution in [1.82, 2.24) is 20.2 Å². The molecule has 6 aromatic rings. The molecule has 2 bridgehead atoms. The van der Waals surface area contributed by atoms with Gasteiger partial charge in [-0.15, -0.1) is 0 Å². The summed E-state index contributed by atoms with van der Waals surface area (Å²) in [5, 5.41) is 12.2. The topological polar surface area (TPSA) is 124 Å². The molecule has 4 aliphatic heterocycles. The zero-order chi connectivity index (χ0) is 45.6. The summed E-state index contributed by atoms with van der Waals surface area (Å²) < 4.78 is 12.8. The number of fused-ring (bicyclic) bond motifs is 4. The molecule has 4 saturated heterocycles. The van der Waals surface area contributed by atoms with Crippen LogP contribution in [-0.2, 0) is 9.59 Å². The molecule has 4 atom stereocenters. The minimum absolute atomic E-state index is 0.102. The first-order valence-electron chi connectivity index (χ1n) is 22.6. The molecule has 0 radical (unpaired) electrons. The number of aromatic nitrogens is 2. The lowest BCUT2D eigenvalue weighted by Crippen LogP contribution is -2.51. The number of nitrogens with one attached hydrogen (secondary N) is 3. The number of hydrogen-bond acceptors (Lipinski definition) is 10. The Kier molecular flexibility index (Phi) is 12.8. The Morgan fingerprint density at radius 2 is 1.20 bits per heavy atom. The number of nitrogens with zero attached hydrogens (tertiary/aromatic N) is 5. The predicted octanol–water partition coefficient (Wildman–Crippen LogP) is 10.1. The van der Waals surface area contributed by atoms with Crippen LogP contribution in [0.1, 0.15) is 43.2 Å². The summed E-state index contributed by atoms with van der Waals surface area (Å²) in [5.74, 6) is 0.716. The molecule has 4 aromatic carbocycles. The van der Waals surface area contributed by atoms with Crippen molar-refractivity contribution in [2.45, 2.75) is 76.3 Å². The highest BCUT2D eigenvalue weighted by molar-refractivity contribution is 6.36. The zero-order valence-electron chi connectivity index (χ0n) is 36.6. The highest BCUT2D eigenvalue weighted by Gasteiger charge is 2.40. The number of carbonyl (C=O) groups excluding carboxylic acids is 2. The lowest BCUT2D eigenvalue weighted by Gasteiger charge is -2.37. The highest BCUT2D eigenvalue weighted by atomic mass is 35.5. The highest BCUT2D eigenvalue weighted by Crippen LogP contribution is 2.35. The van der Waals surface area contributed by atoms with E-state index in [2.05, 4.69) is 42.8 Å². The maximum Gasteiger partial charge on any atom is 0.269 e. The number of anilines is 4. The molecule has 10 rings (SSSR count). The van der Waals surface area contributed by atoms with Crippen LogP contribution in [0, 0.1) is 13.8 Å². The summed E-state index contributed by atoms with van der Waals surface area (Å²) in [6.07, 6.45) is 2.69. The van der Waals surface area contributed by atoms with E-state index >= 15 is 0 Å². The van der Waals surface area contributed by atoms with Gasteiger partial charge in [0.1, 0.15) is 23.1 Å². The second-order valence-corrected chi connectivity index (χ2v) is 19.6. The molecule has 2 aromatic heterocycles. The molecule has 0 saturated carbocycles. The molecule has 0 spiro atoms. The largest absolute Gasteiger partial charge is 0.474 e. The van der Waals surface area contributed by atoms with Crippen LogP contribution >= 0.6 is 46.4 Å². The average Bonchev–Trinajstić information content (AvgIpc) is 4.10. The molecule has 16 heteroatoms. The number of ether oxygens (including phenoxy) is 2. The van der Waals surface area contributed by atoms with Gasteiger partial charge in [-0.05, 0) is 155 Å². The fourth-order valence-corrected chi connectivity index (χ4v) is 10.9. The van der Waals surface area contributed by atoms with E-state index in [1.807, 2.05) is 38.1 Å². The molecule has 12 nitrogen and oxygen atoms in total. The predicted molar refractivity (Wildman–Crippen MR) is 266 cm³/mol. The standard InChI is InChI=1S/C50H50Cl4N8O4/c1-28-19-45(61-17-13-35(14-18-61)60-15-3-4-16-60)58-41-9-7-32(24-37(28)41)56-49(63)47(65-43-11-5-30(51)21-39(43)53)48(66-44-12-6-31(52)22-40(44)54)50(64)57-33-8-10-42-38(25-33)29(2)20-46(59-42)62-27-34-23-36(62)26-55-34/h5-12,19-22,24-25,34-36,47-48,55H,3-4,13-18,23,26-27H2,1-2H3,(H,56,63)(H,57,64). The van der Waals surface area contributed by atoms with Crippen molar-refractivity contribution < 1.29 is 19.1 Å². The van der Waals surface area contributed by atoms with Crippen LogP contribution in [0.3, 0.4) is 0 Å². The molecular weight excluding hydrogens is 918 g/mol. The van der Waals surface area contributed by atoms with Gasteiger partial charge in [-0.2, -0.15) is 0 Å². The number of carbonyl (C=O) groups is 2. The van der Waals surface area contributed by atoms with Crippen molar-refractivity contribution in [3.05, 3.63) is 116 Å². The van der Waals surface area contributed by atoms with Gasteiger partial charge in [-0.3, -0.25) is 9.59 Å². The third-order valence-corrected chi connectivity index (χ3v) is 14.5. The van der Waals surface area contributed by atoms with E-state index in [4.69, 9.17) is 65.8 Å². The van der Waals surface area contributed by atoms with E-state index in [9.17, 15) is 9.59 Å². The first kappa shape index (κ1) is 44.7. The molecule has 3 N–H and O–H groups in total. The number of amides is 2. The molecule has 4 fully saturated rings. The van der Waals surface area contributed by atoms with E-state index in [1.54, 1.807) is 24.3 Å². The van der Waals surface area contributed by atoms with Crippen LogP contribution in [0.5, 0.6) is 11.5 Å². The quantitative estimate of drug-likeness (QED) is 0.109. The van der Waals surface area contributed by atoms with Gasteiger partial charge in [0.05, 0.1) is 21.1 Å². The number of piperidine rings is 1. The van der Waals surface area contributed by atoms with Gasteiger partial charge in [0, 0.05) is 76.5 Å². The van der Waals surface area contributed by atoms with Gasteiger partial charge in [0.25, 0.3) is 11.8 Å². The summed E-state index contributed by atoms with van der Waals surface area (Å²) in [5.41, 5.74) is 4.56. The van der Waals surface area contributed by atoms with Gasteiger partial charge in [0.2, 0.25) is 12.2 Å². The van der Waals surface area contributed by atoms with E-state index in [1.165, 1.54) is 50.2 Å². The van der Waals surface area contributed by atoms with Gasteiger partial charge in [-0.25, -0.2) is 9.97 Å². The number of halogens is 4. The van der Waals surface area contributed by atoms with Gasteiger partial charge >= 0.3 is 0 Å². The lowest BCUT2D eigenvalue weighted by atomic mass is 10.0. The minimum atomic E-state index is -1.63. The Hall–Kier alpha value is -5.08. The SMILES string of the molecule is Cc1cc(N2CCC(N3CCCC3)CC2)nc2ccc(NC(=O)C(Oc3ccc(Cl)cc3Cl)C(Oc3ccc(Cl)cc3Cl)C(=O)Nc3ccc4nc(N5CC6CC5CN6)cc(C)c4c3)cc12. The second-order valence-electron chi connectivity index (χ2n) is 17.9. The zero-order valence-corrected chi connectivity index (χ0v) is 39.7. The van der Waals surface area contributed by atoms with Gasteiger partial charge in [-0.1, -0.05) is 46.4 Å². The number of piperazine rings is 1. The normalized spacial score (nSPS) is 19.7.